The van der Waals surface area contributed by atoms with Crippen LogP contribution in [0.25, 0.3) is 11.6 Å². The highest BCUT2D eigenvalue weighted by atomic mass is 16.4. The highest BCUT2D eigenvalue weighted by Gasteiger charge is 2.23. The van der Waals surface area contributed by atoms with Crippen LogP contribution in [0.1, 0.15) is 30.0 Å². The summed E-state index contributed by atoms with van der Waals surface area (Å²) in [5.41, 5.74) is 2.02. The molecule has 4 heterocycles. The van der Waals surface area contributed by atoms with Crippen molar-refractivity contribution in [2.45, 2.75) is 31.8 Å². The molecular formula is C19H21N5O3. The number of furan rings is 1. The van der Waals surface area contributed by atoms with Crippen molar-refractivity contribution < 1.29 is 14.3 Å². The molecule has 0 amide bonds. The second-order valence-corrected chi connectivity index (χ2v) is 6.80. The number of aliphatic carboxylic acids is 1. The fourth-order valence-electron chi connectivity index (χ4n) is 3.49. The Morgan fingerprint density at radius 2 is 2.15 bits per heavy atom. The summed E-state index contributed by atoms with van der Waals surface area (Å²) in [7, 11) is 0. The first-order chi connectivity index (χ1) is 13.2. The molecule has 8 nitrogen and oxygen atoms in total. The lowest BCUT2D eigenvalue weighted by Crippen LogP contribution is -2.34. The van der Waals surface area contributed by atoms with Crippen LogP contribution in [0.2, 0.25) is 0 Å². The van der Waals surface area contributed by atoms with Gasteiger partial charge in [0.1, 0.15) is 6.54 Å². The van der Waals surface area contributed by atoms with Gasteiger partial charge in [0, 0.05) is 43.2 Å². The van der Waals surface area contributed by atoms with Gasteiger partial charge in [0.2, 0.25) is 0 Å². The van der Waals surface area contributed by atoms with Gasteiger partial charge < -0.3 is 9.52 Å². The number of hydrogen-bond donors (Lipinski definition) is 1. The summed E-state index contributed by atoms with van der Waals surface area (Å²) >= 11 is 0. The fourth-order valence-corrected chi connectivity index (χ4v) is 3.49. The first-order valence-electron chi connectivity index (χ1n) is 8.99. The first-order valence-corrected chi connectivity index (χ1v) is 8.99. The summed E-state index contributed by atoms with van der Waals surface area (Å²) in [5.74, 6) is 0.686. The van der Waals surface area contributed by atoms with Gasteiger partial charge >= 0.3 is 5.97 Å². The molecule has 140 valence electrons. The molecule has 0 aliphatic carbocycles. The van der Waals surface area contributed by atoms with Crippen molar-refractivity contribution in [1.82, 2.24) is 24.6 Å². The Bertz CT molecular complexity index is 888. The van der Waals surface area contributed by atoms with Gasteiger partial charge in [-0.2, -0.15) is 5.10 Å². The van der Waals surface area contributed by atoms with Crippen LogP contribution in [-0.2, 0) is 17.9 Å². The van der Waals surface area contributed by atoms with Crippen molar-refractivity contribution in [3.8, 4) is 11.6 Å². The molecule has 27 heavy (non-hydrogen) atoms. The molecule has 3 aromatic rings. The average molecular weight is 367 g/mol. The van der Waals surface area contributed by atoms with Crippen LogP contribution in [0.3, 0.4) is 0 Å². The Kier molecular flexibility index (Phi) is 4.97. The van der Waals surface area contributed by atoms with E-state index in [1.807, 2.05) is 30.6 Å². The van der Waals surface area contributed by atoms with Crippen LogP contribution in [0.4, 0.5) is 0 Å². The number of rotatable bonds is 6. The molecule has 0 spiro atoms. The molecule has 0 aromatic carbocycles. The minimum Gasteiger partial charge on any atom is -0.480 e. The van der Waals surface area contributed by atoms with Gasteiger partial charge in [-0.25, -0.2) is 9.97 Å². The van der Waals surface area contributed by atoms with Crippen molar-refractivity contribution in [2.24, 2.45) is 0 Å². The molecule has 0 bridgehead atoms. The van der Waals surface area contributed by atoms with E-state index in [9.17, 15) is 4.79 Å². The molecule has 1 N–H and O–H groups in total. The minimum absolute atomic E-state index is 0.101. The van der Waals surface area contributed by atoms with E-state index >= 15 is 0 Å². The highest BCUT2D eigenvalue weighted by Crippen LogP contribution is 2.26. The third-order valence-corrected chi connectivity index (χ3v) is 4.74. The zero-order valence-electron chi connectivity index (χ0n) is 14.9. The number of carboxylic acid groups (broad SMARTS) is 1. The van der Waals surface area contributed by atoms with Crippen LogP contribution in [0.15, 0.2) is 47.5 Å². The standard InChI is InChI=1S/C19H21N5O3/c25-18(26)13-24-7-5-16(22-24)15-3-1-6-23(12-15)11-14-9-20-19(21-10-14)17-4-2-8-27-17/h2,4-5,7-10,15H,1,3,6,11-13H2,(H,25,26)/t15-/m1/s1. The van der Waals surface area contributed by atoms with Crippen LogP contribution >= 0.6 is 0 Å². The lowest BCUT2D eigenvalue weighted by atomic mass is 9.95. The third kappa shape index (κ3) is 4.22. The Morgan fingerprint density at radius 3 is 2.89 bits per heavy atom. The highest BCUT2D eigenvalue weighted by molar-refractivity contribution is 5.66. The number of carboxylic acids is 1. The van der Waals surface area contributed by atoms with Gasteiger partial charge in [0.05, 0.1) is 12.0 Å². The molecule has 8 heteroatoms. The quantitative estimate of drug-likeness (QED) is 0.714. The normalized spacial score (nSPS) is 17.9. The van der Waals surface area contributed by atoms with Gasteiger partial charge in [-0.15, -0.1) is 0 Å². The van der Waals surface area contributed by atoms with Crippen molar-refractivity contribution >= 4 is 5.97 Å². The largest absolute Gasteiger partial charge is 0.480 e. The van der Waals surface area contributed by atoms with Gasteiger partial charge in [0.15, 0.2) is 11.6 Å². The molecule has 0 radical (unpaired) electrons. The lowest BCUT2D eigenvalue weighted by Gasteiger charge is -2.31. The molecule has 1 aliphatic heterocycles. The third-order valence-electron chi connectivity index (χ3n) is 4.74. The van der Waals surface area contributed by atoms with Gasteiger partial charge in [-0.05, 0) is 37.6 Å². The number of carbonyl (C=O) groups is 1. The number of nitrogens with zero attached hydrogens (tertiary/aromatic N) is 5. The zero-order chi connectivity index (χ0) is 18.6. The molecule has 0 saturated carbocycles. The average Bonchev–Trinajstić information content (AvgIpc) is 3.34. The minimum atomic E-state index is -0.882. The monoisotopic (exact) mass is 367 g/mol. The van der Waals surface area contributed by atoms with E-state index in [1.165, 1.54) is 4.68 Å². The molecule has 0 unspecified atom stereocenters. The summed E-state index contributed by atoms with van der Waals surface area (Å²) in [5, 5.41) is 13.3. The van der Waals surface area contributed by atoms with Gasteiger partial charge in [0.25, 0.3) is 0 Å². The molecular weight excluding hydrogens is 346 g/mol. The summed E-state index contributed by atoms with van der Waals surface area (Å²) in [6.45, 7) is 2.59. The number of piperidine rings is 1. The van der Waals surface area contributed by atoms with Crippen LogP contribution in [0, 0.1) is 0 Å². The predicted molar refractivity (Wildman–Crippen MR) is 96.8 cm³/mol. The maximum Gasteiger partial charge on any atom is 0.325 e. The topological polar surface area (TPSA) is 97.3 Å². The summed E-state index contributed by atoms with van der Waals surface area (Å²) in [6.07, 6.45) is 9.18. The van der Waals surface area contributed by atoms with Crippen molar-refractivity contribution in [3.63, 3.8) is 0 Å². The molecule has 1 fully saturated rings. The molecule has 1 atom stereocenters. The van der Waals surface area contributed by atoms with Crippen LogP contribution < -0.4 is 0 Å². The van der Waals surface area contributed by atoms with Crippen molar-refractivity contribution in [3.05, 3.63) is 54.3 Å². The Morgan fingerprint density at radius 1 is 1.30 bits per heavy atom. The lowest BCUT2D eigenvalue weighted by molar-refractivity contribution is -0.137. The smallest absolute Gasteiger partial charge is 0.325 e. The van der Waals surface area contributed by atoms with Crippen molar-refractivity contribution in [1.29, 1.82) is 0 Å². The second-order valence-electron chi connectivity index (χ2n) is 6.80. The van der Waals surface area contributed by atoms with Crippen LogP contribution in [0.5, 0.6) is 0 Å². The van der Waals surface area contributed by atoms with E-state index in [-0.39, 0.29) is 6.54 Å². The maximum atomic E-state index is 10.8. The second kappa shape index (κ2) is 7.71. The predicted octanol–water partition coefficient (Wildman–Crippen LogP) is 2.40. The molecule has 1 aliphatic rings. The van der Waals surface area contributed by atoms with Gasteiger partial charge in [-0.3, -0.25) is 14.4 Å². The van der Waals surface area contributed by atoms with E-state index in [4.69, 9.17) is 9.52 Å². The molecule has 1 saturated heterocycles. The number of likely N-dealkylation sites (tertiary alicyclic amines) is 1. The first kappa shape index (κ1) is 17.4. The maximum absolute atomic E-state index is 10.8. The van der Waals surface area contributed by atoms with Crippen LogP contribution in [-0.4, -0.2) is 48.8 Å². The van der Waals surface area contributed by atoms with E-state index in [1.54, 1.807) is 12.5 Å². The Labute approximate surface area is 156 Å². The Balaban J connectivity index is 1.38. The van der Waals surface area contributed by atoms with E-state index in [0.717, 1.165) is 43.7 Å². The van der Waals surface area contributed by atoms with E-state index in [0.29, 0.717) is 17.5 Å². The zero-order valence-corrected chi connectivity index (χ0v) is 14.9. The summed E-state index contributed by atoms with van der Waals surface area (Å²) in [4.78, 5) is 22.0. The fraction of sp³-hybridized carbons (Fsp3) is 0.368. The SMILES string of the molecule is O=C(O)Cn1ccc([C@@H]2CCCN(Cc3cnc(-c4ccco4)nc3)C2)n1. The molecule has 3 aromatic heterocycles. The van der Waals surface area contributed by atoms with E-state index in [2.05, 4.69) is 20.0 Å². The summed E-state index contributed by atoms with van der Waals surface area (Å²) in [6, 6.07) is 5.59. The Hall–Kier alpha value is -3.00. The van der Waals surface area contributed by atoms with Gasteiger partial charge in [-0.1, -0.05) is 0 Å². The number of hydrogen-bond acceptors (Lipinski definition) is 6. The number of aromatic nitrogens is 4. The van der Waals surface area contributed by atoms with Crippen molar-refractivity contribution in [2.75, 3.05) is 13.1 Å². The summed E-state index contributed by atoms with van der Waals surface area (Å²) < 4.78 is 6.80. The molecule has 4 rings (SSSR count). The van der Waals surface area contributed by atoms with E-state index < -0.39 is 5.97 Å².